The molecule has 1 aromatic carbocycles. The molecular formula is C13H16BrClN2O. The van der Waals surface area contributed by atoms with Crippen LogP contribution >= 0.6 is 27.5 Å². The van der Waals surface area contributed by atoms with Gasteiger partial charge in [0.2, 0.25) is 0 Å². The second kappa shape index (κ2) is 6.04. The summed E-state index contributed by atoms with van der Waals surface area (Å²) in [6.07, 6.45) is 1.02. The van der Waals surface area contributed by atoms with Crippen molar-refractivity contribution in [3.05, 3.63) is 33.3 Å². The second-order valence-corrected chi connectivity index (χ2v) is 5.63. The highest BCUT2D eigenvalue weighted by atomic mass is 79.9. The zero-order chi connectivity index (χ0) is 13.1. The first-order valence-corrected chi connectivity index (χ1v) is 7.27. The van der Waals surface area contributed by atoms with Gasteiger partial charge < -0.3 is 10.2 Å². The van der Waals surface area contributed by atoms with Crippen molar-refractivity contribution in [2.75, 3.05) is 19.6 Å². The summed E-state index contributed by atoms with van der Waals surface area (Å²) in [6, 6.07) is 5.62. The molecule has 1 N–H and O–H groups in total. The number of hydrogen-bond acceptors (Lipinski definition) is 2. The topological polar surface area (TPSA) is 32.3 Å². The van der Waals surface area contributed by atoms with Crippen molar-refractivity contribution in [2.45, 2.75) is 19.4 Å². The summed E-state index contributed by atoms with van der Waals surface area (Å²) < 4.78 is 0.760. The largest absolute Gasteiger partial charge is 0.335 e. The van der Waals surface area contributed by atoms with Crippen molar-refractivity contribution < 1.29 is 4.79 Å². The van der Waals surface area contributed by atoms with Crippen molar-refractivity contribution in [3.63, 3.8) is 0 Å². The predicted molar refractivity (Wildman–Crippen MR) is 77.1 cm³/mol. The average Bonchev–Trinajstić information content (AvgIpc) is 2.87. The number of halogens is 2. The summed E-state index contributed by atoms with van der Waals surface area (Å²) in [5.74, 6) is 0.0727. The minimum atomic E-state index is 0.0727. The minimum Gasteiger partial charge on any atom is -0.335 e. The Morgan fingerprint density at radius 2 is 2.39 bits per heavy atom. The van der Waals surface area contributed by atoms with Crippen molar-refractivity contribution in [3.8, 4) is 0 Å². The van der Waals surface area contributed by atoms with E-state index < -0.39 is 0 Å². The Bertz CT molecular complexity index is 447. The number of amides is 1. The van der Waals surface area contributed by atoms with Gasteiger partial charge in [-0.2, -0.15) is 0 Å². The highest BCUT2D eigenvalue weighted by Crippen LogP contribution is 2.24. The normalized spacial score (nSPS) is 18.9. The molecule has 18 heavy (non-hydrogen) atoms. The molecule has 98 valence electrons. The van der Waals surface area contributed by atoms with Gasteiger partial charge in [-0.05, 0) is 54.0 Å². The molecule has 1 aromatic rings. The van der Waals surface area contributed by atoms with E-state index in [2.05, 4.69) is 21.2 Å². The monoisotopic (exact) mass is 330 g/mol. The van der Waals surface area contributed by atoms with E-state index in [0.29, 0.717) is 16.6 Å². The maximum absolute atomic E-state index is 12.5. The van der Waals surface area contributed by atoms with Crippen molar-refractivity contribution in [1.29, 1.82) is 0 Å². The predicted octanol–water partition coefficient (Wildman–Crippen LogP) is 2.93. The Morgan fingerprint density at radius 1 is 1.61 bits per heavy atom. The van der Waals surface area contributed by atoms with Gasteiger partial charge in [0, 0.05) is 29.2 Å². The van der Waals surface area contributed by atoms with Crippen LogP contribution in [0.4, 0.5) is 0 Å². The van der Waals surface area contributed by atoms with Gasteiger partial charge in [0.05, 0.1) is 5.02 Å². The van der Waals surface area contributed by atoms with Crippen LogP contribution in [0, 0.1) is 0 Å². The van der Waals surface area contributed by atoms with E-state index in [0.717, 1.165) is 30.5 Å². The smallest absolute Gasteiger partial charge is 0.254 e. The Morgan fingerprint density at radius 3 is 2.94 bits per heavy atom. The van der Waals surface area contributed by atoms with Crippen LogP contribution in [-0.4, -0.2) is 36.5 Å². The summed E-state index contributed by atoms with van der Waals surface area (Å²) >= 11 is 9.30. The van der Waals surface area contributed by atoms with Crippen LogP contribution in [0.3, 0.4) is 0 Å². The summed E-state index contributed by atoms with van der Waals surface area (Å²) in [6.45, 7) is 4.61. The Labute approximate surface area is 121 Å². The van der Waals surface area contributed by atoms with Crippen molar-refractivity contribution in [2.24, 2.45) is 0 Å². The lowest BCUT2D eigenvalue weighted by molar-refractivity contribution is 0.0703. The van der Waals surface area contributed by atoms with E-state index in [1.165, 1.54) is 0 Å². The molecule has 1 aliphatic rings. The number of nitrogens with zero attached hydrogens (tertiary/aromatic N) is 1. The third kappa shape index (κ3) is 2.87. The zero-order valence-corrected chi connectivity index (χ0v) is 12.6. The van der Waals surface area contributed by atoms with Crippen LogP contribution < -0.4 is 5.32 Å². The number of carbonyl (C=O) groups excluding carboxylic acids is 1. The molecule has 1 fully saturated rings. The molecule has 2 rings (SSSR count). The molecule has 5 heteroatoms. The van der Waals surface area contributed by atoms with E-state index in [1.807, 2.05) is 11.8 Å². The fourth-order valence-electron chi connectivity index (χ4n) is 2.27. The highest BCUT2D eigenvalue weighted by molar-refractivity contribution is 9.10. The van der Waals surface area contributed by atoms with Crippen LogP contribution in [0.1, 0.15) is 23.7 Å². The van der Waals surface area contributed by atoms with E-state index in [-0.39, 0.29) is 5.91 Å². The number of likely N-dealkylation sites (N-methyl/N-ethyl adjacent to an activating group) is 1. The number of benzene rings is 1. The van der Waals surface area contributed by atoms with Gasteiger partial charge in [0.15, 0.2) is 0 Å². The molecule has 1 atom stereocenters. The van der Waals surface area contributed by atoms with Crippen LogP contribution in [0.25, 0.3) is 0 Å². The third-order valence-corrected chi connectivity index (χ3v) is 4.46. The molecule has 1 heterocycles. The van der Waals surface area contributed by atoms with E-state index in [4.69, 9.17) is 11.6 Å². The van der Waals surface area contributed by atoms with Gasteiger partial charge >= 0.3 is 0 Å². The first-order valence-electron chi connectivity index (χ1n) is 6.10. The van der Waals surface area contributed by atoms with Crippen LogP contribution in [-0.2, 0) is 0 Å². The van der Waals surface area contributed by atoms with Gasteiger partial charge in [-0.3, -0.25) is 4.79 Å². The maximum atomic E-state index is 12.5. The fourth-order valence-corrected chi connectivity index (χ4v) is 2.76. The molecule has 3 nitrogen and oxygen atoms in total. The molecule has 0 radical (unpaired) electrons. The molecular weight excluding hydrogens is 316 g/mol. The quantitative estimate of drug-likeness (QED) is 0.923. The van der Waals surface area contributed by atoms with Gasteiger partial charge in [-0.25, -0.2) is 0 Å². The van der Waals surface area contributed by atoms with Gasteiger partial charge in [-0.1, -0.05) is 11.6 Å². The molecule has 0 bridgehead atoms. The Kier molecular flexibility index (Phi) is 4.65. The first-order chi connectivity index (χ1) is 8.63. The molecule has 1 aliphatic heterocycles. The fraction of sp³-hybridized carbons (Fsp3) is 0.462. The molecule has 0 saturated carbocycles. The van der Waals surface area contributed by atoms with E-state index in [9.17, 15) is 4.79 Å². The number of rotatable bonds is 3. The van der Waals surface area contributed by atoms with Gasteiger partial charge in [0.25, 0.3) is 5.91 Å². The van der Waals surface area contributed by atoms with E-state index in [1.54, 1.807) is 18.2 Å². The molecule has 1 amide bonds. The van der Waals surface area contributed by atoms with Crippen LogP contribution in [0.15, 0.2) is 22.7 Å². The van der Waals surface area contributed by atoms with Crippen LogP contribution in [0.2, 0.25) is 5.02 Å². The Balaban J connectivity index is 2.19. The molecule has 0 aromatic heterocycles. The number of nitrogens with one attached hydrogen (secondary N) is 1. The zero-order valence-electron chi connectivity index (χ0n) is 10.2. The average molecular weight is 332 g/mol. The lowest BCUT2D eigenvalue weighted by atomic mass is 10.1. The number of hydrogen-bond donors (Lipinski definition) is 1. The highest BCUT2D eigenvalue weighted by Gasteiger charge is 2.26. The molecule has 0 spiro atoms. The van der Waals surface area contributed by atoms with Gasteiger partial charge in [0.1, 0.15) is 0 Å². The third-order valence-electron chi connectivity index (χ3n) is 3.24. The standard InChI is InChI=1S/C13H16BrClN2O/c1-2-17(10-5-6-16-8-10)13(18)9-3-4-12(15)11(14)7-9/h3-4,7,10,16H,2,5-6,8H2,1H3. The SMILES string of the molecule is CCN(C(=O)c1ccc(Cl)c(Br)c1)C1CCNC1. The molecule has 1 saturated heterocycles. The van der Waals surface area contributed by atoms with Crippen molar-refractivity contribution in [1.82, 2.24) is 10.2 Å². The Hall–Kier alpha value is -0.580. The minimum absolute atomic E-state index is 0.0727. The number of carbonyl (C=O) groups is 1. The summed E-state index contributed by atoms with van der Waals surface area (Å²) in [5.41, 5.74) is 0.681. The molecule has 1 unspecified atom stereocenters. The van der Waals surface area contributed by atoms with Crippen LogP contribution in [0.5, 0.6) is 0 Å². The summed E-state index contributed by atoms with van der Waals surface area (Å²) in [5, 5.41) is 3.91. The lowest BCUT2D eigenvalue weighted by Gasteiger charge is -2.27. The lowest BCUT2D eigenvalue weighted by Crippen LogP contribution is -2.41. The van der Waals surface area contributed by atoms with Gasteiger partial charge in [-0.15, -0.1) is 0 Å². The second-order valence-electron chi connectivity index (χ2n) is 4.37. The van der Waals surface area contributed by atoms with E-state index >= 15 is 0 Å². The summed E-state index contributed by atoms with van der Waals surface area (Å²) in [4.78, 5) is 14.4. The molecule has 0 aliphatic carbocycles. The first kappa shape index (κ1) is 13.8. The maximum Gasteiger partial charge on any atom is 0.254 e. The summed E-state index contributed by atoms with van der Waals surface area (Å²) in [7, 11) is 0. The van der Waals surface area contributed by atoms with Crippen molar-refractivity contribution >= 4 is 33.4 Å².